The summed E-state index contributed by atoms with van der Waals surface area (Å²) in [5.41, 5.74) is 2.14. The van der Waals surface area contributed by atoms with Crippen molar-refractivity contribution >= 4 is 28.5 Å². The van der Waals surface area contributed by atoms with Crippen molar-refractivity contribution in [1.82, 2.24) is 9.80 Å². The van der Waals surface area contributed by atoms with Crippen LogP contribution in [0.4, 0.5) is 0 Å². The first-order chi connectivity index (χ1) is 11.2. The van der Waals surface area contributed by atoms with Crippen molar-refractivity contribution in [3.05, 3.63) is 69.3 Å². The highest BCUT2D eigenvalue weighted by molar-refractivity contribution is 14.1. The summed E-state index contributed by atoms with van der Waals surface area (Å²) in [6.07, 6.45) is 1.03. The van der Waals surface area contributed by atoms with E-state index in [4.69, 9.17) is 0 Å². The number of nitrogens with zero attached hydrogens (tertiary/aromatic N) is 2. The second-order valence-electron chi connectivity index (χ2n) is 5.92. The highest BCUT2D eigenvalue weighted by Crippen LogP contribution is 2.14. The van der Waals surface area contributed by atoms with Crippen molar-refractivity contribution in [2.45, 2.75) is 13.0 Å². The van der Waals surface area contributed by atoms with Crippen LogP contribution in [0.25, 0.3) is 0 Å². The molecule has 0 N–H and O–H groups in total. The second kappa shape index (κ2) is 7.93. The largest absolute Gasteiger partial charge is 0.337 e. The van der Waals surface area contributed by atoms with Gasteiger partial charge in [-0.15, -0.1) is 0 Å². The molecule has 0 aromatic heterocycles. The van der Waals surface area contributed by atoms with Crippen LogP contribution >= 0.6 is 22.6 Å². The molecule has 0 saturated carbocycles. The lowest BCUT2D eigenvalue weighted by Crippen LogP contribution is -2.35. The average molecular weight is 420 g/mol. The second-order valence-corrected chi connectivity index (χ2v) is 7.16. The fourth-order valence-electron chi connectivity index (χ4n) is 2.98. The van der Waals surface area contributed by atoms with Crippen LogP contribution in [0.1, 0.15) is 22.3 Å². The van der Waals surface area contributed by atoms with Crippen LogP contribution in [0.5, 0.6) is 0 Å². The molecule has 0 bridgehead atoms. The molecule has 0 unspecified atom stereocenters. The molecule has 2 aromatic carbocycles. The third kappa shape index (κ3) is 4.54. The summed E-state index contributed by atoms with van der Waals surface area (Å²) >= 11 is 2.25. The summed E-state index contributed by atoms with van der Waals surface area (Å²) in [5, 5.41) is 0. The molecule has 0 spiro atoms. The number of hydrogen-bond donors (Lipinski definition) is 0. The van der Waals surface area contributed by atoms with Gasteiger partial charge in [0.1, 0.15) is 0 Å². The van der Waals surface area contributed by atoms with E-state index in [0.717, 1.165) is 48.3 Å². The fraction of sp³-hybridized carbons (Fsp3) is 0.316. The fourth-order valence-corrected chi connectivity index (χ4v) is 3.52. The van der Waals surface area contributed by atoms with Gasteiger partial charge in [-0.1, -0.05) is 36.4 Å². The van der Waals surface area contributed by atoms with Crippen LogP contribution < -0.4 is 0 Å². The van der Waals surface area contributed by atoms with Crippen molar-refractivity contribution in [3.63, 3.8) is 0 Å². The van der Waals surface area contributed by atoms with Gasteiger partial charge < -0.3 is 4.90 Å². The average Bonchev–Trinajstić information content (AvgIpc) is 2.81. The Labute approximate surface area is 151 Å². The predicted molar refractivity (Wildman–Crippen MR) is 101 cm³/mol. The third-order valence-electron chi connectivity index (χ3n) is 4.20. The number of benzene rings is 2. The van der Waals surface area contributed by atoms with Crippen molar-refractivity contribution in [2.75, 3.05) is 26.2 Å². The van der Waals surface area contributed by atoms with Crippen LogP contribution in [-0.2, 0) is 6.54 Å². The molecular weight excluding hydrogens is 399 g/mol. The molecular formula is C19H21IN2O. The van der Waals surface area contributed by atoms with E-state index >= 15 is 0 Å². The number of hydrogen-bond acceptors (Lipinski definition) is 2. The molecule has 0 atom stereocenters. The van der Waals surface area contributed by atoms with Crippen LogP contribution in [0.2, 0.25) is 0 Å². The molecule has 1 aliphatic heterocycles. The van der Waals surface area contributed by atoms with Crippen molar-refractivity contribution < 1.29 is 4.79 Å². The number of rotatable bonds is 3. The highest BCUT2D eigenvalue weighted by Gasteiger charge is 2.20. The SMILES string of the molecule is O=C(c1cccc(I)c1)N1CCCN(Cc2ccccc2)CC1. The summed E-state index contributed by atoms with van der Waals surface area (Å²) in [6.45, 7) is 4.59. The van der Waals surface area contributed by atoms with Gasteiger partial charge in [-0.2, -0.15) is 0 Å². The molecule has 23 heavy (non-hydrogen) atoms. The quantitative estimate of drug-likeness (QED) is 0.709. The van der Waals surface area contributed by atoms with E-state index in [9.17, 15) is 4.79 Å². The molecule has 1 amide bonds. The van der Waals surface area contributed by atoms with E-state index < -0.39 is 0 Å². The maximum atomic E-state index is 12.7. The van der Waals surface area contributed by atoms with Gasteiger partial charge in [0.15, 0.2) is 0 Å². The van der Waals surface area contributed by atoms with E-state index in [0.29, 0.717) is 0 Å². The summed E-state index contributed by atoms with van der Waals surface area (Å²) in [6, 6.07) is 18.4. The Balaban J connectivity index is 1.61. The first-order valence-electron chi connectivity index (χ1n) is 8.03. The van der Waals surface area contributed by atoms with Gasteiger partial charge in [0.2, 0.25) is 0 Å². The van der Waals surface area contributed by atoms with Crippen LogP contribution in [0.3, 0.4) is 0 Å². The predicted octanol–water partition coefficient (Wildman–Crippen LogP) is 3.64. The summed E-state index contributed by atoms with van der Waals surface area (Å²) < 4.78 is 1.11. The van der Waals surface area contributed by atoms with E-state index in [1.54, 1.807) is 0 Å². The molecule has 120 valence electrons. The molecule has 4 heteroatoms. The zero-order valence-corrected chi connectivity index (χ0v) is 15.3. The summed E-state index contributed by atoms with van der Waals surface area (Å²) in [4.78, 5) is 17.1. The monoisotopic (exact) mass is 420 g/mol. The lowest BCUT2D eigenvalue weighted by molar-refractivity contribution is 0.0761. The zero-order chi connectivity index (χ0) is 16.1. The normalized spacial score (nSPS) is 16.1. The molecule has 3 nitrogen and oxygen atoms in total. The van der Waals surface area contributed by atoms with Crippen LogP contribution in [-0.4, -0.2) is 41.9 Å². The van der Waals surface area contributed by atoms with Gasteiger partial charge in [-0.3, -0.25) is 9.69 Å². The van der Waals surface area contributed by atoms with Gasteiger partial charge in [0.05, 0.1) is 0 Å². The van der Waals surface area contributed by atoms with Crippen LogP contribution in [0, 0.1) is 3.57 Å². The summed E-state index contributed by atoms with van der Waals surface area (Å²) in [7, 11) is 0. The summed E-state index contributed by atoms with van der Waals surface area (Å²) in [5.74, 6) is 0.157. The van der Waals surface area contributed by atoms with Gasteiger partial charge in [-0.25, -0.2) is 0 Å². The Hall–Kier alpha value is -1.40. The van der Waals surface area contributed by atoms with Crippen molar-refractivity contribution in [2.24, 2.45) is 0 Å². The van der Waals surface area contributed by atoms with Gasteiger partial charge >= 0.3 is 0 Å². The lowest BCUT2D eigenvalue weighted by Gasteiger charge is -2.22. The molecule has 1 aliphatic rings. The van der Waals surface area contributed by atoms with Gasteiger partial charge in [0, 0.05) is 41.9 Å². The van der Waals surface area contributed by atoms with E-state index in [1.165, 1.54) is 5.56 Å². The minimum absolute atomic E-state index is 0.157. The molecule has 1 heterocycles. The maximum Gasteiger partial charge on any atom is 0.253 e. The van der Waals surface area contributed by atoms with E-state index in [2.05, 4.69) is 51.8 Å². The lowest BCUT2D eigenvalue weighted by atomic mass is 10.2. The standard InChI is InChI=1S/C19H21IN2O/c20-18-9-4-8-17(14-18)19(23)22-11-5-10-21(12-13-22)15-16-6-2-1-3-7-16/h1-4,6-9,14H,5,10-13,15H2. The molecule has 3 rings (SSSR count). The first-order valence-corrected chi connectivity index (χ1v) is 9.11. The minimum Gasteiger partial charge on any atom is -0.337 e. The Kier molecular flexibility index (Phi) is 5.67. The maximum absolute atomic E-state index is 12.7. The Morgan fingerprint density at radius 2 is 1.78 bits per heavy atom. The number of halogens is 1. The smallest absolute Gasteiger partial charge is 0.253 e. The Morgan fingerprint density at radius 1 is 0.957 bits per heavy atom. The molecule has 1 saturated heterocycles. The Bertz CT molecular complexity index is 659. The topological polar surface area (TPSA) is 23.6 Å². The minimum atomic E-state index is 0.157. The molecule has 0 radical (unpaired) electrons. The zero-order valence-electron chi connectivity index (χ0n) is 13.1. The Morgan fingerprint density at radius 3 is 2.57 bits per heavy atom. The van der Waals surface area contributed by atoms with Gasteiger partial charge in [-0.05, 0) is 52.8 Å². The van der Waals surface area contributed by atoms with Gasteiger partial charge in [0.25, 0.3) is 5.91 Å². The van der Waals surface area contributed by atoms with E-state index in [-0.39, 0.29) is 5.91 Å². The third-order valence-corrected chi connectivity index (χ3v) is 4.87. The van der Waals surface area contributed by atoms with Crippen molar-refractivity contribution in [3.8, 4) is 0 Å². The highest BCUT2D eigenvalue weighted by atomic mass is 127. The van der Waals surface area contributed by atoms with Crippen molar-refractivity contribution in [1.29, 1.82) is 0 Å². The molecule has 2 aromatic rings. The van der Waals surface area contributed by atoms with E-state index in [1.807, 2.05) is 35.2 Å². The number of carbonyl (C=O) groups is 1. The molecule has 0 aliphatic carbocycles. The number of carbonyl (C=O) groups excluding carboxylic acids is 1. The first kappa shape index (κ1) is 16.5. The van der Waals surface area contributed by atoms with Crippen LogP contribution in [0.15, 0.2) is 54.6 Å². The number of amides is 1. The molecule has 1 fully saturated rings.